The van der Waals surface area contributed by atoms with Crippen molar-refractivity contribution in [1.82, 2.24) is 19.5 Å². The molecular weight excluding hydrogens is 272 g/mol. The molecule has 0 bridgehead atoms. The number of aromatic nitrogens is 3. The average Bonchev–Trinajstić information content (AvgIpc) is 3.11. The van der Waals surface area contributed by atoms with Gasteiger partial charge in [0.25, 0.3) is 5.56 Å². The summed E-state index contributed by atoms with van der Waals surface area (Å²) in [5, 5.41) is 9.51. The first kappa shape index (κ1) is 13.1. The van der Waals surface area contributed by atoms with Gasteiger partial charge in [0.1, 0.15) is 5.52 Å². The summed E-state index contributed by atoms with van der Waals surface area (Å²) in [7, 11) is 0. The first-order valence-corrected chi connectivity index (χ1v) is 7.48. The maximum absolute atomic E-state index is 12.1. The Morgan fingerprint density at radius 2 is 2.20 bits per heavy atom. The van der Waals surface area contributed by atoms with Crippen LogP contribution in [0.15, 0.2) is 47.0 Å². The van der Waals surface area contributed by atoms with Gasteiger partial charge in [-0.05, 0) is 23.9 Å². The first-order chi connectivity index (χ1) is 9.84. The zero-order valence-electron chi connectivity index (χ0n) is 11.0. The van der Waals surface area contributed by atoms with E-state index in [1.165, 1.54) is 4.88 Å². The number of fused-ring (bicyclic) bond motifs is 1. The molecule has 0 aromatic carbocycles. The fraction of sp³-hybridized carbons (Fsp3) is 0.286. The molecule has 104 valence electrons. The molecule has 0 saturated carbocycles. The summed E-state index contributed by atoms with van der Waals surface area (Å²) in [5.74, 6) is 0. The Labute approximate surface area is 120 Å². The quantitative estimate of drug-likeness (QED) is 0.697. The van der Waals surface area contributed by atoms with Crippen molar-refractivity contribution in [2.75, 3.05) is 13.1 Å². The molecule has 3 rings (SSSR count). The van der Waals surface area contributed by atoms with Crippen LogP contribution >= 0.6 is 11.3 Å². The highest BCUT2D eigenvalue weighted by Crippen LogP contribution is 2.07. The minimum Gasteiger partial charge on any atom is -0.315 e. The molecule has 3 heterocycles. The molecule has 6 heteroatoms. The summed E-state index contributed by atoms with van der Waals surface area (Å²) in [6.45, 7) is 2.39. The standard InChI is InChI=1S/C14H16N4OS/c19-14-13-4-6-16-18(13)10-9-17(14)8-7-15-5-3-12-2-1-11-20-12/h1-2,4,6,9-11,15H,3,5,7-8H2. The van der Waals surface area contributed by atoms with E-state index in [2.05, 4.69) is 27.9 Å². The molecule has 3 aromatic heterocycles. The Bertz CT molecular complexity index is 729. The van der Waals surface area contributed by atoms with Gasteiger partial charge in [0.2, 0.25) is 0 Å². The van der Waals surface area contributed by atoms with Crippen LogP contribution in [0.1, 0.15) is 4.88 Å². The summed E-state index contributed by atoms with van der Waals surface area (Å²) in [4.78, 5) is 13.5. The van der Waals surface area contributed by atoms with E-state index in [4.69, 9.17) is 0 Å². The molecule has 0 atom stereocenters. The summed E-state index contributed by atoms with van der Waals surface area (Å²) < 4.78 is 3.32. The van der Waals surface area contributed by atoms with E-state index in [0.717, 1.165) is 19.5 Å². The first-order valence-electron chi connectivity index (χ1n) is 6.60. The molecule has 0 fully saturated rings. The average molecular weight is 288 g/mol. The molecule has 3 aromatic rings. The summed E-state index contributed by atoms with van der Waals surface area (Å²) >= 11 is 1.78. The van der Waals surface area contributed by atoms with E-state index in [9.17, 15) is 4.79 Å². The number of hydrogen-bond donors (Lipinski definition) is 1. The lowest BCUT2D eigenvalue weighted by Gasteiger charge is -2.07. The van der Waals surface area contributed by atoms with E-state index >= 15 is 0 Å². The molecule has 0 aliphatic carbocycles. The summed E-state index contributed by atoms with van der Waals surface area (Å²) in [6.07, 6.45) is 6.26. The van der Waals surface area contributed by atoms with Crippen molar-refractivity contribution in [2.45, 2.75) is 13.0 Å². The Hall–Kier alpha value is -1.92. The largest absolute Gasteiger partial charge is 0.315 e. The van der Waals surface area contributed by atoms with Gasteiger partial charge in [0, 0.05) is 36.9 Å². The maximum atomic E-state index is 12.1. The Morgan fingerprint density at radius 1 is 1.25 bits per heavy atom. The zero-order valence-corrected chi connectivity index (χ0v) is 11.8. The minimum atomic E-state index is 0.00468. The lowest BCUT2D eigenvalue weighted by Crippen LogP contribution is -2.28. The topological polar surface area (TPSA) is 51.3 Å². The fourth-order valence-corrected chi connectivity index (χ4v) is 2.84. The highest BCUT2D eigenvalue weighted by molar-refractivity contribution is 7.09. The van der Waals surface area contributed by atoms with Crippen LogP contribution in [0.5, 0.6) is 0 Å². The van der Waals surface area contributed by atoms with Crippen molar-refractivity contribution in [3.05, 3.63) is 57.4 Å². The lowest BCUT2D eigenvalue weighted by atomic mass is 10.3. The molecule has 0 radical (unpaired) electrons. The molecule has 0 aliphatic heterocycles. The predicted octanol–water partition coefficient (Wildman–Crippen LogP) is 1.39. The van der Waals surface area contributed by atoms with Crippen LogP contribution in [0.3, 0.4) is 0 Å². The van der Waals surface area contributed by atoms with Crippen LogP contribution in [0.2, 0.25) is 0 Å². The second-order valence-corrected chi connectivity index (χ2v) is 5.57. The molecule has 0 amide bonds. The van der Waals surface area contributed by atoms with E-state index in [0.29, 0.717) is 12.1 Å². The van der Waals surface area contributed by atoms with E-state index in [1.54, 1.807) is 38.9 Å². The summed E-state index contributed by atoms with van der Waals surface area (Å²) in [5.41, 5.74) is 0.621. The van der Waals surface area contributed by atoms with Gasteiger partial charge in [-0.3, -0.25) is 4.79 Å². The number of nitrogens with one attached hydrogen (secondary N) is 1. The van der Waals surface area contributed by atoms with Gasteiger partial charge < -0.3 is 9.88 Å². The molecule has 0 unspecified atom stereocenters. The van der Waals surface area contributed by atoms with Crippen LogP contribution in [-0.4, -0.2) is 27.3 Å². The molecule has 0 spiro atoms. The van der Waals surface area contributed by atoms with Gasteiger partial charge in [0.05, 0.1) is 6.20 Å². The van der Waals surface area contributed by atoms with Gasteiger partial charge in [-0.15, -0.1) is 11.3 Å². The molecule has 1 N–H and O–H groups in total. The van der Waals surface area contributed by atoms with Crippen LogP contribution < -0.4 is 10.9 Å². The minimum absolute atomic E-state index is 0.00468. The van der Waals surface area contributed by atoms with Crippen molar-refractivity contribution in [3.63, 3.8) is 0 Å². The summed E-state index contributed by atoms with van der Waals surface area (Å²) in [6, 6.07) is 5.95. The lowest BCUT2D eigenvalue weighted by molar-refractivity contribution is 0.585. The molecule has 20 heavy (non-hydrogen) atoms. The molecule has 5 nitrogen and oxygen atoms in total. The van der Waals surface area contributed by atoms with E-state index in [1.807, 2.05) is 6.20 Å². The number of hydrogen-bond acceptors (Lipinski definition) is 4. The number of rotatable bonds is 6. The zero-order chi connectivity index (χ0) is 13.8. The van der Waals surface area contributed by atoms with Gasteiger partial charge in [-0.2, -0.15) is 5.10 Å². The smallest absolute Gasteiger partial charge is 0.276 e. The van der Waals surface area contributed by atoms with Crippen molar-refractivity contribution in [1.29, 1.82) is 0 Å². The second kappa shape index (κ2) is 6.02. The van der Waals surface area contributed by atoms with E-state index < -0.39 is 0 Å². The third-order valence-corrected chi connectivity index (χ3v) is 4.13. The molecule has 0 aliphatic rings. The highest BCUT2D eigenvalue weighted by atomic mass is 32.1. The highest BCUT2D eigenvalue weighted by Gasteiger charge is 2.02. The Balaban J connectivity index is 1.52. The van der Waals surface area contributed by atoms with Crippen LogP contribution in [-0.2, 0) is 13.0 Å². The third kappa shape index (κ3) is 2.81. The van der Waals surface area contributed by atoms with Crippen LogP contribution in [0.4, 0.5) is 0 Å². The number of thiophene rings is 1. The van der Waals surface area contributed by atoms with Gasteiger partial charge >= 0.3 is 0 Å². The van der Waals surface area contributed by atoms with Gasteiger partial charge in [-0.1, -0.05) is 6.07 Å². The van der Waals surface area contributed by atoms with Crippen LogP contribution in [0, 0.1) is 0 Å². The third-order valence-electron chi connectivity index (χ3n) is 3.20. The fourth-order valence-electron chi connectivity index (χ4n) is 2.13. The molecular formula is C14H16N4OS. The van der Waals surface area contributed by atoms with Crippen molar-refractivity contribution < 1.29 is 0 Å². The monoisotopic (exact) mass is 288 g/mol. The van der Waals surface area contributed by atoms with Crippen molar-refractivity contribution in [3.8, 4) is 0 Å². The molecule has 0 saturated heterocycles. The second-order valence-electron chi connectivity index (χ2n) is 4.54. The maximum Gasteiger partial charge on any atom is 0.276 e. The van der Waals surface area contributed by atoms with Gasteiger partial charge in [-0.25, -0.2) is 4.52 Å². The predicted molar refractivity (Wildman–Crippen MR) is 80.3 cm³/mol. The Kier molecular flexibility index (Phi) is 3.94. The van der Waals surface area contributed by atoms with Crippen molar-refractivity contribution in [2.24, 2.45) is 0 Å². The van der Waals surface area contributed by atoms with Gasteiger partial charge in [0.15, 0.2) is 0 Å². The SMILES string of the molecule is O=c1c2ccnn2ccn1CCNCCc1cccs1. The normalized spacial score (nSPS) is 11.2. The number of nitrogens with zero attached hydrogens (tertiary/aromatic N) is 3. The van der Waals surface area contributed by atoms with E-state index in [-0.39, 0.29) is 5.56 Å². The van der Waals surface area contributed by atoms with Crippen LogP contribution in [0.25, 0.3) is 5.52 Å². The Morgan fingerprint density at radius 3 is 3.05 bits per heavy atom. The van der Waals surface area contributed by atoms with Crippen molar-refractivity contribution >= 4 is 16.9 Å².